The molecule has 24 nitrogen and oxygen atoms in total. The number of alkyl halides is 2. The summed E-state index contributed by atoms with van der Waals surface area (Å²) in [5.41, 5.74) is 28.4. The van der Waals surface area contributed by atoms with Crippen molar-refractivity contribution in [1.29, 1.82) is 0 Å². The van der Waals surface area contributed by atoms with Gasteiger partial charge in [-0.2, -0.15) is 0 Å². The smallest absolute Gasteiger partial charge is 0.294 e. The summed E-state index contributed by atoms with van der Waals surface area (Å²) in [7, 11) is 0. The van der Waals surface area contributed by atoms with Gasteiger partial charge in [-0.15, -0.1) is 0 Å². The van der Waals surface area contributed by atoms with Crippen LogP contribution in [0.15, 0.2) is 0 Å². The van der Waals surface area contributed by atoms with Crippen LogP contribution in [0.4, 0.5) is 8.78 Å². The van der Waals surface area contributed by atoms with Crippen molar-refractivity contribution < 1.29 is 88.0 Å². The normalized spacial score (nSPS) is 44.9. The van der Waals surface area contributed by atoms with Crippen LogP contribution in [-0.4, -0.2) is 232 Å². The Morgan fingerprint density at radius 2 is 1.34 bits per heavy atom. The molecule has 0 aromatic heterocycles. The number of ether oxygens (including phenoxy) is 6. The predicted molar refractivity (Wildman–Crippen MR) is 193 cm³/mol. The van der Waals surface area contributed by atoms with Crippen LogP contribution < -0.4 is 44.6 Å². The van der Waals surface area contributed by atoms with E-state index in [1.807, 2.05) is 0 Å². The Balaban J connectivity index is 1.36. The van der Waals surface area contributed by atoms with Crippen molar-refractivity contribution in [3.63, 3.8) is 0 Å². The highest BCUT2D eigenvalue weighted by Gasteiger charge is 2.55. The molecule has 0 bridgehead atoms. The number of aliphatic hydroxyl groups is 9. The van der Waals surface area contributed by atoms with Gasteiger partial charge in [0.05, 0.1) is 36.9 Å². The minimum atomic E-state index is -4.05. The fourth-order valence-electron chi connectivity index (χ4n) is 7.91. The lowest BCUT2D eigenvalue weighted by Gasteiger charge is -2.48. The topological polar surface area (TPSA) is 421 Å². The monoisotopic (exact) mass is 864 g/mol. The maximum absolute atomic E-state index is 14.2. The van der Waals surface area contributed by atoms with Gasteiger partial charge in [-0.05, 0) is 32.4 Å². The molecule has 1 aliphatic carbocycles. The summed E-state index contributed by atoms with van der Waals surface area (Å²) in [6.07, 6.45) is -25.8. The molecule has 0 aromatic carbocycles. The molecule has 4 aliphatic heterocycles. The summed E-state index contributed by atoms with van der Waals surface area (Å²) in [5, 5.41) is 105. The second kappa shape index (κ2) is 20.3. The van der Waals surface area contributed by atoms with Crippen molar-refractivity contribution in [3.05, 3.63) is 0 Å². The molecule has 344 valence electrons. The van der Waals surface area contributed by atoms with Crippen molar-refractivity contribution in [2.45, 2.75) is 153 Å². The van der Waals surface area contributed by atoms with Gasteiger partial charge >= 0.3 is 0 Å². The van der Waals surface area contributed by atoms with Crippen molar-refractivity contribution in [2.75, 3.05) is 45.9 Å². The third-order valence-corrected chi connectivity index (χ3v) is 11.7. The Morgan fingerprint density at radius 3 is 1.92 bits per heavy atom. The van der Waals surface area contributed by atoms with Crippen LogP contribution in [-0.2, 0) is 33.2 Å². The zero-order valence-corrected chi connectivity index (χ0v) is 32.1. The average molecular weight is 865 g/mol. The molecule has 0 spiro atoms. The highest BCUT2D eigenvalue weighted by atomic mass is 19.3. The van der Waals surface area contributed by atoms with Gasteiger partial charge in [0.1, 0.15) is 73.2 Å². The van der Waals surface area contributed by atoms with Crippen LogP contribution >= 0.6 is 0 Å². The lowest BCUT2D eigenvalue weighted by molar-refractivity contribution is -0.308. The number of piperidine rings is 1. The molecule has 1 saturated carbocycles. The molecule has 59 heavy (non-hydrogen) atoms. The standard InChI is InChI=1S/C33H62F2N8O16/c34-33(35,9-37)27(51)28(52)43-12-5-11(38)24(57-30-17(40)22(49)20(47)14(55-30)7-42-10-32(53)1-3-41-4-2-32)26(18(12)45)59-31-23(50)25(15(8-44)56-31)58-29-16(39)21(48)19(46)13(6-36)54-29/h11-27,29-31,41-42,44-51,53H,1-10,36-40H2,(H,43,52)/t11-,12+,13-,14+,15+,16+,17+,18-,19+,20+,21+,22+,23+,24+,25+,26+,27?,29+,30+,31-/m0/s1. The van der Waals surface area contributed by atoms with Crippen LogP contribution in [0.25, 0.3) is 0 Å². The molecule has 5 rings (SSSR count). The van der Waals surface area contributed by atoms with E-state index in [1.54, 1.807) is 0 Å². The number of hydrogen-bond acceptors (Lipinski definition) is 23. The summed E-state index contributed by atoms with van der Waals surface area (Å²) < 4.78 is 63.6. The van der Waals surface area contributed by atoms with Gasteiger partial charge in [-0.1, -0.05) is 0 Å². The summed E-state index contributed by atoms with van der Waals surface area (Å²) in [6, 6.07) is -5.63. The molecule has 4 saturated heterocycles. The first kappa shape index (κ1) is 48.5. The Labute approximate surface area is 337 Å². The maximum Gasteiger partial charge on any atom is 0.294 e. The van der Waals surface area contributed by atoms with Gasteiger partial charge in [-0.3, -0.25) is 4.79 Å². The number of amides is 1. The van der Waals surface area contributed by atoms with Gasteiger partial charge < -0.3 is 119 Å². The second-order valence-electron chi connectivity index (χ2n) is 15.9. The number of nitrogens with one attached hydrogen (secondary N) is 3. The lowest BCUT2D eigenvalue weighted by atomic mass is 9.83. The number of halogens is 2. The molecule has 0 radical (unpaired) electrons. The van der Waals surface area contributed by atoms with E-state index in [4.69, 9.17) is 57.1 Å². The van der Waals surface area contributed by atoms with Crippen molar-refractivity contribution >= 4 is 5.91 Å². The van der Waals surface area contributed by atoms with E-state index in [1.165, 1.54) is 0 Å². The van der Waals surface area contributed by atoms with Crippen LogP contribution in [0.5, 0.6) is 0 Å². The Hall–Kier alpha value is -1.55. The van der Waals surface area contributed by atoms with E-state index in [9.17, 15) is 59.5 Å². The number of nitrogens with two attached hydrogens (primary N) is 5. The van der Waals surface area contributed by atoms with Gasteiger partial charge in [0.25, 0.3) is 11.8 Å². The SMILES string of the molecule is NC[C@@H]1O[C@H](O[C@H]2[C@@H](O)[C@H](O[C@@H]3[C@@H](O)[C@H](NC(=O)C(O)C(F)(F)CN)C[C@H](N)[C@H]3O[C@H]3O[C@H](CNCC4(O)CCNCC4)[C@@H](O)[C@H](O)[C@H]3N)O[C@@H]2CO)[C@H](N)[C@@H](O)[C@@H]1O. The predicted octanol–water partition coefficient (Wildman–Crippen LogP) is -10.0. The number of carbonyl (C=O) groups is 1. The Kier molecular flexibility index (Phi) is 16.7. The number of carbonyl (C=O) groups excluding carboxylic acids is 1. The molecule has 1 unspecified atom stereocenters. The largest absolute Gasteiger partial charge is 0.394 e. The van der Waals surface area contributed by atoms with Crippen LogP contribution in [0.2, 0.25) is 0 Å². The summed E-state index contributed by atoms with van der Waals surface area (Å²) in [6.45, 7) is -1.22. The fourth-order valence-corrected chi connectivity index (χ4v) is 7.91. The third kappa shape index (κ3) is 10.8. The van der Waals surface area contributed by atoms with E-state index in [2.05, 4.69) is 16.0 Å². The first-order chi connectivity index (χ1) is 27.8. The zero-order chi connectivity index (χ0) is 43.6. The van der Waals surface area contributed by atoms with Gasteiger partial charge in [-0.25, -0.2) is 8.78 Å². The molecular weight excluding hydrogens is 802 g/mol. The van der Waals surface area contributed by atoms with Gasteiger partial charge in [0, 0.05) is 25.7 Å². The Morgan fingerprint density at radius 1 is 0.797 bits per heavy atom. The van der Waals surface area contributed by atoms with E-state index < -0.39 is 159 Å². The van der Waals surface area contributed by atoms with E-state index >= 15 is 0 Å². The van der Waals surface area contributed by atoms with Crippen LogP contribution in [0.3, 0.4) is 0 Å². The van der Waals surface area contributed by atoms with E-state index in [0.717, 1.165) is 0 Å². The zero-order valence-electron chi connectivity index (χ0n) is 32.1. The fraction of sp³-hybridized carbons (Fsp3) is 0.970. The van der Waals surface area contributed by atoms with Gasteiger partial charge in [0.2, 0.25) is 0 Å². The maximum atomic E-state index is 14.2. The minimum Gasteiger partial charge on any atom is -0.394 e. The number of aliphatic hydroxyl groups excluding tert-OH is 8. The van der Waals surface area contributed by atoms with Crippen molar-refractivity contribution in [1.82, 2.24) is 16.0 Å². The molecule has 20 atom stereocenters. The molecule has 22 N–H and O–H groups in total. The molecule has 0 aromatic rings. The minimum absolute atomic E-state index is 0.0912. The molecule has 5 fully saturated rings. The van der Waals surface area contributed by atoms with Crippen molar-refractivity contribution in [3.8, 4) is 0 Å². The summed E-state index contributed by atoms with van der Waals surface area (Å²) in [4.78, 5) is 12.7. The quantitative estimate of drug-likeness (QED) is 0.0685. The molecule has 4 heterocycles. The molecule has 1 amide bonds. The van der Waals surface area contributed by atoms with E-state index in [-0.39, 0.29) is 19.6 Å². The van der Waals surface area contributed by atoms with Gasteiger partial charge in [0.15, 0.2) is 25.0 Å². The first-order valence-electron chi connectivity index (χ1n) is 19.6. The average Bonchev–Trinajstić information content (AvgIpc) is 3.51. The van der Waals surface area contributed by atoms with Crippen molar-refractivity contribution in [2.24, 2.45) is 28.7 Å². The number of hydrogen-bond donors (Lipinski definition) is 17. The molecular formula is C33H62F2N8O16. The first-order valence-corrected chi connectivity index (χ1v) is 19.6. The lowest BCUT2D eigenvalue weighted by Crippen LogP contribution is -2.69. The van der Waals surface area contributed by atoms with E-state index in [0.29, 0.717) is 25.9 Å². The summed E-state index contributed by atoms with van der Waals surface area (Å²) >= 11 is 0. The van der Waals surface area contributed by atoms with Crippen LogP contribution in [0, 0.1) is 0 Å². The van der Waals surface area contributed by atoms with Crippen LogP contribution in [0.1, 0.15) is 19.3 Å². The highest BCUT2D eigenvalue weighted by molar-refractivity contribution is 5.82. The molecule has 26 heteroatoms. The Bertz CT molecular complexity index is 1350. The second-order valence-corrected chi connectivity index (χ2v) is 15.9. The third-order valence-electron chi connectivity index (χ3n) is 11.7. The number of rotatable bonds is 16. The highest BCUT2D eigenvalue weighted by Crippen LogP contribution is 2.35. The summed E-state index contributed by atoms with van der Waals surface area (Å²) in [5.74, 6) is -5.67. The molecule has 5 aliphatic rings.